The Morgan fingerprint density at radius 2 is 2.07 bits per heavy atom. The number of rotatable bonds is 6. The van der Waals surface area contributed by atoms with Gasteiger partial charge in [0, 0.05) is 0 Å². The summed E-state index contributed by atoms with van der Waals surface area (Å²) in [4.78, 5) is 11.2. The number of carbonyl (C=O) groups is 1. The van der Waals surface area contributed by atoms with Crippen molar-refractivity contribution in [1.29, 1.82) is 0 Å². The lowest BCUT2D eigenvalue weighted by Gasteiger charge is -2.07. The maximum absolute atomic E-state index is 11.2. The van der Waals surface area contributed by atoms with Crippen molar-refractivity contribution in [2.24, 2.45) is 5.92 Å². The number of aliphatic hydroxyl groups is 1. The minimum absolute atomic E-state index is 0.243. The van der Waals surface area contributed by atoms with Gasteiger partial charge in [0.2, 0.25) is 0 Å². The Morgan fingerprint density at radius 1 is 1.43 bits per heavy atom. The molecule has 0 fully saturated rings. The Labute approximate surface area is 85.8 Å². The summed E-state index contributed by atoms with van der Waals surface area (Å²) in [5, 5.41) is 9.37. The molecule has 0 spiro atoms. The number of carbonyl (C=O) groups excluding carboxylic acids is 1. The second-order valence-electron chi connectivity index (χ2n) is 3.28. The predicted octanol–water partition coefficient (Wildman–Crippen LogP) is 1.90. The van der Waals surface area contributed by atoms with Gasteiger partial charge < -0.3 is 9.84 Å². The Balaban J connectivity index is 3.90. The highest BCUT2D eigenvalue weighted by molar-refractivity contribution is 5.73. The van der Waals surface area contributed by atoms with Gasteiger partial charge in [0.15, 0.2) is 0 Å². The van der Waals surface area contributed by atoms with Crippen molar-refractivity contribution in [2.45, 2.75) is 39.7 Å². The monoisotopic (exact) mass is 200 g/mol. The molecule has 0 radical (unpaired) electrons. The van der Waals surface area contributed by atoms with Crippen LogP contribution in [0.25, 0.3) is 0 Å². The molecule has 0 aliphatic carbocycles. The summed E-state index contributed by atoms with van der Waals surface area (Å²) in [6.45, 7) is 5.94. The van der Waals surface area contributed by atoms with Gasteiger partial charge in [-0.1, -0.05) is 25.5 Å². The minimum Gasteiger partial charge on any atom is -0.466 e. The number of esters is 1. The van der Waals surface area contributed by atoms with Gasteiger partial charge in [0.25, 0.3) is 0 Å². The molecule has 0 saturated carbocycles. The van der Waals surface area contributed by atoms with Crippen LogP contribution in [0, 0.1) is 5.92 Å². The van der Waals surface area contributed by atoms with Crippen molar-refractivity contribution in [1.82, 2.24) is 0 Å². The Kier molecular flexibility index (Phi) is 7.11. The largest absolute Gasteiger partial charge is 0.466 e. The fourth-order valence-electron chi connectivity index (χ4n) is 1.04. The number of hydrogen-bond acceptors (Lipinski definition) is 3. The topological polar surface area (TPSA) is 46.5 Å². The van der Waals surface area contributed by atoms with Crippen molar-refractivity contribution in [3.8, 4) is 0 Å². The minimum atomic E-state index is -0.447. The van der Waals surface area contributed by atoms with Crippen LogP contribution in [0.1, 0.15) is 33.6 Å². The summed E-state index contributed by atoms with van der Waals surface area (Å²) in [6.07, 6.45) is 4.56. The summed E-state index contributed by atoms with van der Waals surface area (Å²) >= 11 is 0. The molecule has 0 aromatic heterocycles. The first-order chi connectivity index (χ1) is 6.61. The predicted molar refractivity (Wildman–Crippen MR) is 55.9 cm³/mol. The molecular weight excluding hydrogens is 180 g/mol. The molecule has 1 N–H and O–H groups in total. The lowest BCUT2D eigenvalue weighted by Crippen LogP contribution is -2.13. The molecule has 0 saturated heterocycles. The van der Waals surface area contributed by atoms with E-state index in [0.717, 1.165) is 12.8 Å². The molecule has 0 amide bonds. The van der Waals surface area contributed by atoms with E-state index in [0.29, 0.717) is 6.61 Å². The van der Waals surface area contributed by atoms with E-state index in [1.165, 1.54) is 0 Å². The highest BCUT2D eigenvalue weighted by Gasteiger charge is 2.10. The fourth-order valence-corrected chi connectivity index (χ4v) is 1.04. The van der Waals surface area contributed by atoms with Crippen LogP contribution in [0.5, 0.6) is 0 Å². The van der Waals surface area contributed by atoms with E-state index in [-0.39, 0.29) is 11.9 Å². The van der Waals surface area contributed by atoms with Gasteiger partial charge in [0.1, 0.15) is 0 Å². The van der Waals surface area contributed by atoms with E-state index in [1.807, 2.05) is 6.92 Å². The number of hydrogen-bond donors (Lipinski definition) is 1. The van der Waals surface area contributed by atoms with Crippen LogP contribution in [0.3, 0.4) is 0 Å². The lowest BCUT2D eigenvalue weighted by atomic mass is 10.1. The van der Waals surface area contributed by atoms with Gasteiger partial charge in [-0.2, -0.15) is 0 Å². The first-order valence-electron chi connectivity index (χ1n) is 5.14. The summed E-state index contributed by atoms with van der Waals surface area (Å²) in [7, 11) is 0. The molecule has 0 bridgehead atoms. The molecule has 3 heteroatoms. The van der Waals surface area contributed by atoms with Crippen LogP contribution in [-0.2, 0) is 9.53 Å². The maximum Gasteiger partial charge on any atom is 0.312 e. The van der Waals surface area contributed by atoms with E-state index in [2.05, 4.69) is 0 Å². The molecule has 0 unspecified atom stereocenters. The van der Waals surface area contributed by atoms with E-state index in [9.17, 15) is 9.90 Å². The second-order valence-corrected chi connectivity index (χ2v) is 3.28. The van der Waals surface area contributed by atoms with Crippen LogP contribution in [0.2, 0.25) is 0 Å². The average Bonchev–Trinajstić information content (AvgIpc) is 2.15. The highest BCUT2D eigenvalue weighted by Crippen LogP contribution is 2.04. The molecule has 82 valence electrons. The van der Waals surface area contributed by atoms with Crippen LogP contribution in [0.15, 0.2) is 12.2 Å². The molecule has 14 heavy (non-hydrogen) atoms. The van der Waals surface area contributed by atoms with E-state index in [4.69, 9.17) is 4.74 Å². The van der Waals surface area contributed by atoms with Gasteiger partial charge in [-0.3, -0.25) is 4.79 Å². The van der Waals surface area contributed by atoms with Crippen LogP contribution in [-0.4, -0.2) is 23.8 Å². The van der Waals surface area contributed by atoms with Gasteiger partial charge in [0.05, 0.1) is 18.6 Å². The Bertz CT molecular complexity index is 187. The normalized spacial score (nSPS) is 15.4. The van der Waals surface area contributed by atoms with Gasteiger partial charge in [-0.05, 0) is 20.3 Å². The number of aliphatic hydroxyl groups excluding tert-OH is 1. The van der Waals surface area contributed by atoms with Crippen LogP contribution < -0.4 is 0 Å². The summed E-state index contributed by atoms with van der Waals surface area (Å²) in [6, 6.07) is 0. The standard InChI is InChI=1S/C11H20O3/c1-4-6-10(12)8-7-9(3)11(13)14-5-2/h7-10,12H,4-6H2,1-3H3/b8-7+/t9-,10-/m0/s1. The SMILES string of the molecule is CCC[C@H](O)/C=C/[C@H](C)C(=O)OCC. The van der Waals surface area contributed by atoms with Gasteiger partial charge in [-0.15, -0.1) is 0 Å². The Morgan fingerprint density at radius 3 is 2.57 bits per heavy atom. The zero-order valence-corrected chi connectivity index (χ0v) is 9.19. The molecule has 2 atom stereocenters. The molecule has 0 aromatic carbocycles. The third-order valence-electron chi connectivity index (χ3n) is 1.86. The summed E-state index contributed by atoms with van der Waals surface area (Å²) in [5.74, 6) is -0.520. The molecular formula is C11H20O3. The zero-order chi connectivity index (χ0) is 11.0. The molecule has 3 nitrogen and oxygen atoms in total. The second kappa shape index (κ2) is 7.56. The fraction of sp³-hybridized carbons (Fsp3) is 0.727. The third-order valence-corrected chi connectivity index (χ3v) is 1.86. The first kappa shape index (κ1) is 13.2. The molecule has 0 rings (SSSR count). The molecule has 0 aliphatic rings. The zero-order valence-electron chi connectivity index (χ0n) is 9.19. The molecule has 0 aliphatic heterocycles. The van der Waals surface area contributed by atoms with Gasteiger partial charge >= 0.3 is 5.97 Å². The van der Waals surface area contributed by atoms with E-state index in [1.54, 1.807) is 26.0 Å². The van der Waals surface area contributed by atoms with Crippen molar-refractivity contribution >= 4 is 5.97 Å². The first-order valence-corrected chi connectivity index (χ1v) is 5.14. The van der Waals surface area contributed by atoms with Crippen molar-refractivity contribution in [3.05, 3.63) is 12.2 Å². The van der Waals surface area contributed by atoms with Crippen LogP contribution >= 0.6 is 0 Å². The highest BCUT2D eigenvalue weighted by atomic mass is 16.5. The number of ether oxygens (including phenoxy) is 1. The van der Waals surface area contributed by atoms with Crippen molar-refractivity contribution in [2.75, 3.05) is 6.61 Å². The maximum atomic E-state index is 11.2. The van der Waals surface area contributed by atoms with Gasteiger partial charge in [-0.25, -0.2) is 0 Å². The molecule has 0 aromatic rings. The van der Waals surface area contributed by atoms with Crippen molar-refractivity contribution in [3.63, 3.8) is 0 Å². The average molecular weight is 200 g/mol. The third kappa shape index (κ3) is 5.75. The van der Waals surface area contributed by atoms with Crippen LogP contribution in [0.4, 0.5) is 0 Å². The van der Waals surface area contributed by atoms with E-state index < -0.39 is 6.10 Å². The summed E-state index contributed by atoms with van der Waals surface area (Å²) in [5.41, 5.74) is 0. The molecule has 0 heterocycles. The van der Waals surface area contributed by atoms with Crippen molar-refractivity contribution < 1.29 is 14.6 Å². The smallest absolute Gasteiger partial charge is 0.312 e. The van der Waals surface area contributed by atoms with E-state index >= 15 is 0 Å². The summed E-state index contributed by atoms with van der Waals surface area (Å²) < 4.78 is 4.82. The Hall–Kier alpha value is -0.830. The quantitative estimate of drug-likeness (QED) is 0.526. The lowest BCUT2D eigenvalue weighted by molar-refractivity contribution is -0.145.